The van der Waals surface area contributed by atoms with Crippen molar-refractivity contribution >= 4 is 40.9 Å². The number of nitrogens with zero attached hydrogens (tertiary/aromatic N) is 3. The summed E-state index contributed by atoms with van der Waals surface area (Å²) in [6, 6.07) is 11.0. The maximum Gasteiger partial charge on any atom is 0.253 e. The van der Waals surface area contributed by atoms with Crippen LogP contribution in [0.3, 0.4) is 0 Å². The van der Waals surface area contributed by atoms with Gasteiger partial charge in [-0.3, -0.25) is 9.59 Å². The molecule has 0 spiro atoms. The average Bonchev–Trinajstić information content (AvgIpc) is 3.15. The van der Waals surface area contributed by atoms with Crippen molar-refractivity contribution in [1.29, 1.82) is 0 Å². The molecule has 0 radical (unpaired) electrons. The Labute approximate surface area is 197 Å². The monoisotopic (exact) mass is 471 g/mol. The molecule has 0 aliphatic rings. The van der Waals surface area contributed by atoms with E-state index in [-0.39, 0.29) is 24.1 Å². The zero-order valence-corrected chi connectivity index (χ0v) is 20.1. The van der Waals surface area contributed by atoms with Crippen molar-refractivity contribution in [3.63, 3.8) is 0 Å². The second kappa shape index (κ2) is 10.7. The third kappa shape index (κ3) is 5.69. The van der Waals surface area contributed by atoms with E-state index in [9.17, 15) is 9.59 Å². The number of aromatic nitrogens is 3. The molecule has 32 heavy (non-hydrogen) atoms. The fourth-order valence-electron chi connectivity index (χ4n) is 3.46. The van der Waals surface area contributed by atoms with Crippen LogP contribution in [-0.2, 0) is 17.9 Å². The van der Waals surface area contributed by atoms with E-state index in [1.807, 2.05) is 44.4 Å². The minimum Gasteiger partial charge on any atom is -0.345 e. The first-order valence-electron chi connectivity index (χ1n) is 10.3. The van der Waals surface area contributed by atoms with Crippen molar-refractivity contribution in [3.8, 4) is 0 Å². The number of thioether (sulfide) groups is 1. The standard InChI is InChI=1S/C23H26ClN5O2S/c1-5-29-19(12-25-22(31)17-8-6-7-9-18(17)24)27-28-23(29)32-13-20(30)26-21-15(3)10-14(2)11-16(21)4/h6-11H,5,12-13H2,1-4H3,(H,25,31)(H,26,30). The Morgan fingerprint density at radius 1 is 1.09 bits per heavy atom. The second-order valence-corrected chi connectivity index (χ2v) is 8.77. The molecule has 1 aromatic heterocycles. The molecule has 3 rings (SSSR count). The quantitative estimate of drug-likeness (QED) is 0.471. The number of halogens is 1. The number of carbonyl (C=O) groups excluding carboxylic acids is 2. The highest BCUT2D eigenvalue weighted by atomic mass is 35.5. The van der Waals surface area contributed by atoms with Crippen LogP contribution >= 0.6 is 23.4 Å². The number of hydrogen-bond donors (Lipinski definition) is 2. The van der Waals surface area contributed by atoms with E-state index in [0.29, 0.717) is 28.1 Å². The van der Waals surface area contributed by atoms with E-state index < -0.39 is 0 Å². The maximum absolute atomic E-state index is 12.5. The first kappa shape index (κ1) is 23.8. The van der Waals surface area contributed by atoms with Crippen LogP contribution in [0, 0.1) is 20.8 Å². The van der Waals surface area contributed by atoms with E-state index in [0.717, 1.165) is 22.4 Å². The predicted molar refractivity (Wildman–Crippen MR) is 128 cm³/mol. The molecule has 1 heterocycles. The van der Waals surface area contributed by atoms with Gasteiger partial charge in [0.1, 0.15) is 0 Å². The van der Waals surface area contributed by atoms with Gasteiger partial charge in [0.25, 0.3) is 5.91 Å². The molecule has 0 bridgehead atoms. The smallest absolute Gasteiger partial charge is 0.253 e. The molecular formula is C23H26ClN5O2S. The highest BCUT2D eigenvalue weighted by molar-refractivity contribution is 7.99. The van der Waals surface area contributed by atoms with Crippen LogP contribution in [-0.4, -0.2) is 32.3 Å². The zero-order valence-electron chi connectivity index (χ0n) is 18.5. The Kier molecular flexibility index (Phi) is 7.93. The number of aryl methyl sites for hydroxylation is 3. The number of anilines is 1. The summed E-state index contributed by atoms with van der Waals surface area (Å²) >= 11 is 7.40. The summed E-state index contributed by atoms with van der Waals surface area (Å²) in [6.45, 7) is 8.79. The van der Waals surface area contributed by atoms with Gasteiger partial charge < -0.3 is 15.2 Å². The molecule has 0 aliphatic heterocycles. The fourth-order valence-corrected chi connectivity index (χ4v) is 4.50. The van der Waals surface area contributed by atoms with Crippen LogP contribution in [0.15, 0.2) is 41.6 Å². The van der Waals surface area contributed by atoms with E-state index in [1.165, 1.54) is 11.8 Å². The summed E-state index contributed by atoms with van der Waals surface area (Å²) in [5, 5.41) is 15.2. The number of nitrogens with one attached hydrogen (secondary N) is 2. The molecule has 2 aromatic carbocycles. The Bertz CT molecular complexity index is 1120. The normalized spacial score (nSPS) is 10.8. The molecular weight excluding hydrogens is 446 g/mol. The van der Waals surface area contributed by atoms with Gasteiger partial charge in [0.15, 0.2) is 11.0 Å². The highest BCUT2D eigenvalue weighted by Gasteiger charge is 2.16. The number of carbonyl (C=O) groups is 2. The summed E-state index contributed by atoms with van der Waals surface area (Å²) in [7, 11) is 0. The molecule has 2 amide bonds. The van der Waals surface area contributed by atoms with Gasteiger partial charge in [-0.15, -0.1) is 10.2 Å². The van der Waals surface area contributed by atoms with Crippen LogP contribution in [0.5, 0.6) is 0 Å². The minimum atomic E-state index is -0.279. The number of benzene rings is 2. The zero-order chi connectivity index (χ0) is 23.3. The Balaban J connectivity index is 1.61. The van der Waals surface area contributed by atoms with E-state index in [4.69, 9.17) is 11.6 Å². The van der Waals surface area contributed by atoms with Gasteiger partial charge in [-0.2, -0.15) is 0 Å². The summed E-state index contributed by atoms with van der Waals surface area (Å²) in [6.07, 6.45) is 0. The Hall–Kier alpha value is -2.84. The molecule has 7 nitrogen and oxygen atoms in total. The third-order valence-electron chi connectivity index (χ3n) is 4.91. The lowest BCUT2D eigenvalue weighted by atomic mass is 10.1. The summed E-state index contributed by atoms with van der Waals surface area (Å²) < 4.78 is 1.88. The topological polar surface area (TPSA) is 88.9 Å². The van der Waals surface area contributed by atoms with Crippen molar-refractivity contribution in [1.82, 2.24) is 20.1 Å². The van der Waals surface area contributed by atoms with E-state index in [1.54, 1.807) is 24.3 Å². The number of hydrogen-bond acceptors (Lipinski definition) is 5. The average molecular weight is 472 g/mol. The van der Waals surface area contributed by atoms with Gasteiger partial charge in [0, 0.05) is 12.2 Å². The molecule has 0 atom stereocenters. The second-order valence-electron chi connectivity index (χ2n) is 7.42. The lowest BCUT2D eigenvalue weighted by Crippen LogP contribution is -2.25. The maximum atomic E-state index is 12.5. The first-order chi connectivity index (χ1) is 15.3. The molecule has 0 aliphatic carbocycles. The van der Waals surface area contributed by atoms with E-state index >= 15 is 0 Å². The van der Waals surface area contributed by atoms with E-state index in [2.05, 4.69) is 20.8 Å². The van der Waals surface area contributed by atoms with Gasteiger partial charge in [0.2, 0.25) is 5.91 Å². The molecule has 0 saturated heterocycles. The predicted octanol–water partition coefficient (Wildman–Crippen LogP) is 4.54. The van der Waals surface area contributed by atoms with Crippen molar-refractivity contribution in [2.45, 2.75) is 45.9 Å². The molecule has 2 N–H and O–H groups in total. The molecule has 168 valence electrons. The number of amides is 2. The SMILES string of the molecule is CCn1c(CNC(=O)c2ccccc2Cl)nnc1SCC(=O)Nc1c(C)cc(C)cc1C. The van der Waals surface area contributed by atoms with Crippen LogP contribution in [0.25, 0.3) is 0 Å². The fraction of sp³-hybridized carbons (Fsp3) is 0.304. The Morgan fingerprint density at radius 3 is 2.44 bits per heavy atom. The van der Waals surface area contributed by atoms with Crippen LogP contribution in [0.4, 0.5) is 5.69 Å². The molecule has 0 fully saturated rings. The largest absolute Gasteiger partial charge is 0.345 e. The van der Waals surface area contributed by atoms with Gasteiger partial charge in [-0.05, 0) is 51.0 Å². The summed E-state index contributed by atoms with van der Waals surface area (Å²) in [5.41, 5.74) is 4.49. The van der Waals surface area contributed by atoms with Gasteiger partial charge in [-0.1, -0.05) is 53.2 Å². The van der Waals surface area contributed by atoms with Crippen molar-refractivity contribution in [3.05, 3.63) is 69.5 Å². The molecule has 9 heteroatoms. The van der Waals surface area contributed by atoms with Gasteiger partial charge in [-0.25, -0.2) is 0 Å². The summed E-state index contributed by atoms with van der Waals surface area (Å²) in [4.78, 5) is 24.9. The van der Waals surface area contributed by atoms with Gasteiger partial charge in [0.05, 0.1) is 22.9 Å². The van der Waals surface area contributed by atoms with Crippen molar-refractivity contribution in [2.75, 3.05) is 11.1 Å². The van der Waals surface area contributed by atoms with Crippen LogP contribution in [0.2, 0.25) is 5.02 Å². The Morgan fingerprint density at radius 2 is 1.78 bits per heavy atom. The lowest BCUT2D eigenvalue weighted by Gasteiger charge is -2.13. The summed E-state index contributed by atoms with van der Waals surface area (Å²) in [5.74, 6) is 0.431. The highest BCUT2D eigenvalue weighted by Crippen LogP contribution is 2.23. The molecule has 3 aromatic rings. The van der Waals surface area contributed by atoms with Crippen molar-refractivity contribution in [2.24, 2.45) is 0 Å². The minimum absolute atomic E-state index is 0.107. The van der Waals surface area contributed by atoms with Gasteiger partial charge >= 0.3 is 0 Å². The third-order valence-corrected chi connectivity index (χ3v) is 6.21. The van der Waals surface area contributed by atoms with Crippen molar-refractivity contribution < 1.29 is 9.59 Å². The molecule has 0 saturated carbocycles. The number of rotatable bonds is 8. The molecule has 0 unspecified atom stereocenters. The lowest BCUT2D eigenvalue weighted by molar-refractivity contribution is -0.113. The first-order valence-corrected chi connectivity index (χ1v) is 11.6. The van der Waals surface area contributed by atoms with Crippen LogP contribution < -0.4 is 10.6 Å². The van der Waals surface area contributed by atoms with Crippen LogP contribution in [0.1, 0.15) is 39.8 Å².